The van der Waals surface area contributed by atoms with E-state index < -0.39 is 35.4 Å². The van der Waals surface area contributed by atoms with Crippen molar-refractivity contribution < 1.29 is 58.9 Å². The average molecular weight is 989 g/mol. The number of aliphatic hydroxyl groups is 1. The maximum Gasteiger partial charge on any atom is 0.416 e. The Hall–Kier alpha value is -4.71. The number of alkyl halides is 3. The second-order valence-corrected chi connectivity index (χ2v) is 20.1. The number of carbonyl (C=O) groups excluding carboxylic acids is 3. The quantitative estimate of drug-likeness (QED) is 0.0783. The summed E-state index contributed by atoms with van der Waals surface area (Å²) in [5.41, 5.74) is -0.0978. The van der Waals surface area contributed by atoms with E-state index in [1.807, 2.05) is 30.3 Å². The van der Waals surface area contributed by atoms with Crippen molar-refractivity contribution in [2.45, 2.75) is 133 Å². The molecule has 3 amide bonds. The van der Waals surface area contributed by atoms with E-state index in [-0.39, 0.29) is 47.1 Å². The van der Waals surface area contributed by atoms with Crippen LogP contribution in [0, 0.1) is 29.1 Å². The van der Waals surface area contributed by atoms with Crippen LogP contribution in [0.15, 0.2) is 90.1 Å². The van der Waals surface area contributed by atoms with E-state index in [9.17, 15) is 37.9 Å². The van der Waals surface area contributed by atoms with Gasteiger partial charge in [0.05, 0.1) is 73.4 Å². The van der Waals surface area contributed by atoms with Crippen LogP contribution in [-0.2, 0) is 26.1 Å². The van der Waals surface area contributed by atoms with E-state index in [0.717, 1.165) is 126 Å². The zero-order chi connectivity index (χ0) is 46.6. The number of nitrogens with one attached hydrogen (secondary N) is 1. The molecule has 2 aliphatic heterocycles. The van der Waals surface area contributed by atoms with E-state index in [1.54, 1.807) is 29.2 Å². The summed E-state index contributed by atoms with van der Waals surface area (Å²) in [5, 5.41) is 24.3. The van der Waals surface area contributed by atoms with Crippen LogP contribution < -0.4 is 27.2 Å². The maximum atomic E-state index is 14.1. The van der Waals surface area contributed by atoms with Gasteiger partial charge < -0.3 is 41.5 Å². The van der Waals surface area contributed by atoms with Gasteiger partial charge in [0, 0.05) is 24.3 Å². The molecule has 360 valence electrons. The van der Waals surface area contributed by atoms with Crippen LogP contribution in [-0.4, -0.2) is 78.3 Å². The van der Waals surface area contributed by atoms with Crippen molar-refractivity contribution in [1.29, 1.82) is 5.26 Å². The van der Waals surface area contributed by atoms with Crippen LogP contribution in [0.3, 0.4) is 0 Å². The Bertz CT molecular complexity index is 2300. The molecular weight excluding hydrogens is 924 g/mol. The monoisotopic (exact) mass is 987 g/mol. The number of hydrogen-bond donors (Lipinski definition) is 2. The fourth-order valence-electron chi connectivity index (χ4n) is 12.2. The molecule has 2 N–H and O–H groups in total. The minimum Gasteiger partial charge on any atom is -1.00 e. The average Bonchev–Trinajstić information content (AvgIpc) is 4.01. The Balaban J connectivity index is 0.00000666. The van der Waals surface area contributed by atoms with Crippen LogP contribution in [0.2, 0.25) is 0 Å². The van der Waals surface area contributed by atoms with E-state index in [4.69, 9.17) is 4.74 Å². The molecule has 3 aliphatic carbocycles. The number of anilines is 1. The zero-order valence-electron chi connectivity index (χ0n) is 38.8. The molecule has 5 unspecified atom stereocenters. The van der Waals surface area contributed by atoms with Gasteiger partial charge >= 0.3 is 18.2 Å². The van der Waals surface area contributed by atoms with Gasteiger partial charge in [0.15, 0.2) is 5.60 Å². The highest BCUT2D eigenvalue weighted by Gasteiger charge is 2.58. The Morgan fingerprint density at radius 2 is 1.51 bits per heavy atom. The summed E-state index contributed by atoms with van der Waals surface area (Å²) in [6.45, 7) is 1.63. The Kier molecular flexibility index (Phi) is 15.9. The second kappa shape index (κ2) is 21.3. The zero-order valence-corrected chi connectivity index (χ0v) is 40.4. The molecule has 10 nitrogen and oxygen atoms in total. The topological polar surface area (TPSA) is 123 Å². The number of quaternary nitrogens is 1. The Morgan fingerprint density at radius 1 is 0.851 bits per heavy atom. The predicted octanol–water partition coefficient (Wildman–Crippen LogP) is 7.32. The van der Waals surface area contributed by atoms with Gasteiger partial charge in [-0.05, 0) is 92.8 Å². The third kappa shape index (κ3) is 10.6. The molecule has 14 heteroatoms. The van der Waals surface area contributed by atoms with Crippen molar-refractivity contribution in [1.82, 2.24) is 10.2 Å². The molecule has 3 aromatic rings. The number of carbonyl (C=O) groups is 3. The van der Waals surface area contributed by atoms with Crippen LogP contribution in [0.25, 0.3) is 0 Å². The number of unbranched alkanes of at least 4 members (excludes halogenated alkanes) is 7. The van der Waals surface area contributed by atoms with Crippen molar-refractivity contribution in [3.8, 4) is 6.07 Å². The molecule has 67 heavy (non-hydrogen) atoms. The molecule has 5 aliphatic rings. The number of fused-ring (bicyclic) bond motifs is 2. The number of hydrogen-bond acceptors (Lipinski definition) is 6. The summed E-state index contributed by atoms with van der Waals surface area (Å²) in [6.07, 6.45) is 11.5. The van der Waals surface area contributed by atoms with Gasteiger partial charge in [-0.15, -0.1) is 0 Å². The lowest BCUT2D eigenvalue weighted by molar-refractivity contribution is -0.919. The number of rotatable bonds is 18. The predicted molar refractivity (Wildman–Crippen MR) is 245 cm³/mol. The number of nitriles is 1. The number of amides is 3. The van der Waals surface area contributed by atoms with Gasteiger partial charge in [0.1, 0.15) is 6.10 Å². The molecule has 0 radical (unpaired) electrons. The number of halogens is 4. The minimum absolute atomic E-state index is 0. The molecule has 3 fully saturated rings. The fraction of sp³-hybridized carbons (Fsp3) is 0.547. The molecule has 6 atom stereocenters. The lowest BCUT2D eigenvalue weighted by atomic mass is 9.73. The van der Waals surface area contributed by atoms with Crippen LogP contribution >= 0.6 is 0 Å². The van der Waals surface area contributed by atoms with Gasteiger partial charge in [0.2, 0.25) is 0 Å². The summed E-state index contributed by atoms with van der Waals surface area (Å²) >= 11 is 0. The van der Waals surface area contributed by atoms with E-state index in [0.29, 0.717) is 52.4 Å². The molecule has 0 spiro atoms. The number of nitrogens with zero attached hydrogens (tertiary/aromatic N) is 4. The molecular formula is C53H65BrF3N5O5. The number of ether oxygens (including phenoxy) is 1. The molecule has 2 heterocycles. The lowest BCUT2D eigenvalue weighted by Crippen LogP contribution is -3.00. The SMILES string of the molecule is C[N+](C)(CCCCCCCCCCN1CC2=C(C1=O)[C@@H](c1ccc(C#N)cc1)NC(=O)N2c1cccc(C(F)(F)F)c1)C1C2CCC1C(OC(=O)C(O)(c1ccccc1)C1CCCCC1)C2.[Br-]. The summed E-state index contributed by atoms with van der Waals surface area (Å²) < 4.78 is 48.4. The van der Waals surface area contributed by atoms with Crippen LogP contribution in [0.1, 0.15) is 131 Å². The summed E-state index contributed by atoms with van der Waals surface area (Å²) in [4.78, 5) is 44.6. The Morgan fingerprint density at radius 3 is 2.18 bits per heavy atom. The summed E-state index contributed by atoms with van der Waals surface area (Å²) in [7, 11) is 4.67. The fourth-order valence-corrected chi connectivity index (χ4v) is 12.2. The molecule has 3 aromatic carbocycles. The first-order valence-corrected chi connectivity index (χ1v) is 24.3. The third-order valence-corrected chi connectivity index (χ3v) is 15.5. The first-order chi connectivity index (χ1) is 31.7. The second-order valence-electron chi connectivity index (χ2n) is 20.1. The number of benzene rings is 3. The molecule has 0 aromatic heterocycles. The van der Waals surface area contributed by atoms with Gasteiger partial charge in [-0.3, -0.25) is 9.69 Å². The number of esters is 1. The minimum atomic E-state index is -4.60. The van der Waals surface area contributed by atoms with Gasteiger partial charge in [0.25, 0.3) is 5.91 Å². The molecule has 0 saturated heterocycles. The van der Waals surface area contributed by atoms with Gasteiger partial charge in [-0.25, -0.2) is 9.59 Å². The van der Waals surface area contributed by atoms with Crippen molar-refractivity contribution in [3.63, 3.8) is 0 Å². The third-order valence-electron chi connectivity index (χ3n) is 15.5. The highest BCUT2D eigenvalue weighted by Crippen LogP contribution is 2.51. The van der Waals surface area contributed by atoms with Crippen molar-refractivity contribution in [2.24, 2.45) is 17.8 Å². The first kappa shape index (κ1) is 50.2. The normalized spacial score (nSPS) is 23.9. The Labute approximate surface area is 403 Å². The van der Waals surface area contributed by atoms with Crippen molar-refractivity contribution in [2.75, 3.05) is 38.6 Å². The van der Waals surface area contributed by atoms with Crippen molar-refractivity contribution in [3.05, 3.63) is 112 Å². The lowest BCUT2D eigenvalue weighted by Gasteiger charge is -2.40. The first-order valence-electron chi connectivity index (χ1n) is 24.3. The molecule has 3 saturated carbocycles. The van der Waals surface area contributed by atoms with E-state index in [1.165, 1.54) is 17.0 Å². The molecule has 2 bridgehead atoms. The number of urea groups is 1. The smallest absolute Gasteiger partial charge is 0.416 e. The molecule has 8 rings (SSSR count). The van der Waals surface area contributed by atoms with Crippen LogP contribution in [0.4, 0.5) is 23.7 Å². The highest BCUT2D eigenvalue weighted by atomic mass is 79.9. The van der Waals surface area contributed by atoms with E-state index >= 15 is 0 Å². The van der Waals surface area contributed by atoms with Crippen molar-refractivity contribution >= 4 is 23.6 Å². The van der Waals surface area contributed by atoms with Gasteiger partial charge in [-0.1, -0.05) is 99.9 Å². The summed E-state index contributed by atoms with van der Waals surface area (Å²) in [6, 6.07) is 21.7. The highest BCUT2D eigenvalue weighted by molar-refractivity contribution is 6.07. The standard InChI is InChI=1S/C53H64F3N5O5.BrH/c1-61(2,48-38-28-29-43(48)45(32-38)66-50(63)52(65,39-18-11-9-12-19-39)40-20-13-10-14-21-40)31-16-8-6-4-3-5-7-15-30-59-35-44-46(49(59)62)47(37-26-24-36(34-57)25-27-37)58-51(64)60(44)42-23-17-22-41(33-42)53(54,55)56;/h9,11-12,17-19,22-27,33,38,40,43,45,47-48,65H,3-8,10,13-16,20-21,28-32,35H2,1-2H3;1H/t38?,43?,45?,47-,48?,52?;/m1./s1. The summed E-state index contributed by atoms with van der Waals surface area (Å²) in [5.74, 6) is -0.0418. The van der Waals surface area contributed by atoms with E-state index in [2.05, 4.69) is 25.5 Å². The maximum absolute atomic E-state index is 14.1. The van der Waals surface area contributed by atoms with Gasteiger partial charge in [-0.2, -0.15) is 18.4 Å². The van der Waals surface area contributed by atoms with Crippen LogP contribution in [0.5, 0.6) is 0 Å². The largest absolute Gasteiger partial charge is 1.00 e.